The van der Waals surface area contributed by atoms with E-state index in [1.807, 2.05) is 38.1 Å². The van der Waals surface area contributed by atoms with Gasteiger partial charge < -0.3 is 16.0 Å². The molecule has 3 rings (SSSR count). The number of rotatable bonds is 6. The highest BCUT2D eigenvalue weighted by atomic mass is 35.5. The van der Waals surface area contributed by atoms with Crippen LogP contribution in [0.5, 0.6) is 0 Å². The van der Waals surface area contributed by atoms with Crippen molar-refractivity contribution in [1.29, 1.82) is 0 Å². The largest absolute Gasteiger partial charge is 0.353 e. The number of nitrogens with zero attached hydrogens (tertiary/aromatic N) is 1. The second kappa shape index (κ2) is 8.05. The Morgan fingerprint density at radius 3 is 2.81 bits per heavy atom. The van der Waals surface area contributed by atoms with Gasteiger partial charge in [-0.05, 0) is 37.4 Å². The number of benzene rings is 1. The number of nitrogens with one attached hydrogen (secondary N) is 3. The van der Waals surface area contributed by atoms with E-state index >= 15 is 0 Å². The first-order valence-electron chi connectivity index (χ1n) is 8.70. The van der Waals surface area contributed by atoms with Crippen LogP contribution in [0.25, 0.3) is 0 Å². The molecule has 142 valence electrons. The summed E-state index contributed by atoms with van der Waals surface area (Å²) >= 11 is 0. The van der Waals surface area contributed by atoms with Gasteiger partial charge in [-0.15, -0.1) is 12.4 Å². The van der Waals surface area contributed by atoms with Crippen molar-refractivity contribution in [2.45, 2.75) is 38.3 Å². The number of halogens is 1. The molecule has 1 spiro atoms. The Morgan fingerprint density at radius 2 is 2.08 bits per heavy atom. The molecule has 1 heterocycles. The highest BCUT2D eigenvalue weighted by Crippen LogP contribution is 2.41. The van der Waals surface area contributed by atoms with Crippen molar-refractivity contribution in [1.82, 2.24) is 20.9 Å². The molecule has 1 unspecified atom stereocenters. The van der Waals surface area contributed by atoms with Crippen LogP contribution in [0.3, 0.4) is 0 Å². The molecule has 1 fully saturated rings. The summed E-state index contributed by atoms with van der Waals surface area (Å²) in [6.07, 6.45) is 1.27. The van der Waals surface area contributed by atoms with E-state index in [2.05, 4.69) is 16.0 Å². The summed E-state index contributed by atoms with van der Waals surface area (Å²) in [6, 6.07) is 7.27. The van der Waals surface area contributed by atoms with Crippen LogP contribution in [0.15, 0.2) is 24.3 Å². The number of hydrogen-bond donors (Lipinski definition) is 3. The summed E-state index contributed by atoms with van der Waals surface area (Å²) in [5, 5.41) is 8.77. The maximum atomic E-state index is 12.9. The molecule has 0 radical (unpaired) electrons. The molecule has 3 N–H and O–H groups in total. The lowest BCUT2D eigenvalue weighted by Gasteiger charge is -2.22. The molecule has 8 heteroatoms. The molecule has 1 saturated heterocycles. The van der Waals surface area contributed by atoms with E-state index in [0.29, 0.717) is 13.0 Å². The number of fused-ring (bicyclic) bond motifs is 2. The molecule has 2 aliphatic rings. The van der Waals surface area contributed by atoms with Crippen molar-refractivity contribution < 1.29 is 14.4 Å². The van der Waals surface area contributed by atoms with E-state index in [-0.39, 0.29) is 36.8 Å². The van der Waals surface area contributed by atoms with Crippen molar-refractivity contribution in [3.63, 3.8) is 0 Å². The molecule has 1 aromatic carbocycles. The molecule has 0 bridgehead atoms. The summed E-state index contributed by atoms with van der Waals surface area (Å²) in [5.74, 6) is -0.672. The fourth-order valence-corrected chi connectivity index (χ4v) is 3.62. The summed E-state index contributed by atoms with van der Waals surface area (Å²) < 4.78 is 0. The van der Waals surface area contributed by atoms with E-state index in [1.165, 1.54) is 0 Å². The number of hydrogen-bond acceptors (Lipinski definition) is 4. The lowest BCUT2D eigenvalue weighted by atomic mass is 9.92. The number of amides is 4. The zero-order valence-corrected chi connectivity index (χ0v) is 15.8. The maximum Gasteiger partial charge on any atom is 0.325 e. The van der Waals surface area contributed by atoms with Crippen LogP contribution in [0.2, 0.25) is 0 Å². The molecule has 1 aliphatic carbocycles. The first-order valence-corrected chi connectivity index (χ1v) is 8.70. The molecule has 0 saturated carbocycles. The van der Waals surface area contributed by atoms with Gasteiger partial charge in [0.05, 0.1) is 0 Å². The summed E-state index contributed by atoms with van der Waals surface area (Å²) in [4.78, 5) is 38.4. The lowest BCUT2D eigenvalue weighted by molar-refractivity contribution is -0.135. The first kappa shape index (κ1) is 20.2. The number of aryl methyl sites for hydroxylation is 1. The van der Waals surface area contributed by atoms with E-state index in [1.54, 1.807) is 0 Å². The van der Waals surface area contributed by atoms with Crippen LogP contribution >= 0.6 is 12.4 Å². The number of carbonyl (C=O) groups excluding carboxylic acids is 3. The van der Waals surface area contributed by atoms with Gasteiger partial charge in [0, 0.05) is 12.6 Å². The van der Waals surface area contributed by atoms with Crippen molar-refractivity contribution in [3.05, 3.63) is 35.4 Å². The molecule has 4 amide bonds. The lowest BCUT2D eigenvalue weighted by Crippen LogP contribution is -2.46. The monoisotopic (exact) mass is 380 g/mol. The molecular weight excluding hydrogens is 356 g/mol. The Hall–Kier alpha value is -2.12. The quantitative estimate of drug-likeness (QED) is 0.640. The third-order valence-corrected chi connectivity index (χ3v) is 4.88. The fourth-order valence-electron chi connectivity index (χ4n) is 3.62. The Morgan fingerprint density at radius 1 is 1.35 bits per heavy atom. The molecule has 1 aliphatic heterocycles. The van der Waals surface area contributed by atoms with Gasteiger partial charge in [0.25, 0.3) is 5.91 Å². The van der Waals surface area contributed by atoms with E-state index in [4.69, 9.17) is 0 Å². The van der Waals surface area contributed by atoms with Gasteiger partial charge in [-0.1, -0.05) is 31.2 Å². The third kappa shape index (κ3) is 3.54. The van der Waals surface area contributed by atoms with Crippen LogP contribution < -0.4 is 16.0 Å². The highest BCUT2D eigenvalue weighted by Gasteiger charge is 2.55. The van der Waals surface area contributed by atoms with E-state index in [0.717, 1.165) is 29.0 Å². The predicted molar refractivity (Wildman–Crippen MR) is 100 cm³/mol. The van der Waals surface area contributed by atoms with E-state index < -0.39 is 11.6 Å². The van der Waals surface area contributed by atoms with Crippen LogP contribution in [0.1, 0.15) is 31.4 Å². The average molecular weight is 381 g/mol. The normalized spacial score (nSPS) is 22.0. The fraction of sp³-hybridized carbons (Fsp3) is 0.500. The summed E-state index contributed by atoms with van der Waals surface area (Å²) in [5.41, 5.74) is 0.907. The predicted octanol–water partition coefficient (Wildman–Crippen LogP) is 0.916. The smallest absolute Gasteiger partial charge is 0.325 e. The molecule has 2 atom stereocenters. The topological polar surface area (TPSA) is 90.5 Å². The Kier molecular flexibility index (Phi) is 6.26. The first-order chi connectivity index (χ1) is 12.0. The molecule has 1 aromatic rings. The Bertz CT molecular complexity index is 711. The Balaban J connectivity index is 0.00000243. The standard InChI is InChI=1S/C18H24N4O3.ClH/c1-3-19-12(2)10-20-15(23)11-22-16(24)18(21-17(22)25)9-8-13-6-4-5-7-14(13)18;/h4-7,12,19H,3,8-11H2,1-2H3,(H,20,23)(H,21,25);1H/t12-,18?;/m1./s1. The number of urea groups is 1. The molecular formula is C18H25ClN4O3. The van der Waals surface area contributed by atoms with Gasteiger partial charge in [0.1, 0.15) is 12.1 Å². The number of imide groups is 1. The average Bonchev–Trinajstić information content (AvgIpc) is 3.07. The van der Waals surface area contributed by atoms with Gasteiger partial charge in [0.15, 0.2) is 0 Å². The zero-order valence-electron chi connectivity index (χ0n) is 15.0. The van der Waals surface area contributed by atoms with Crippen LogP contribution in [0, 0.1) is 0 Å². The summed E-state index contributed by atoms with van der Waals surface area (Å²) in [6.45, 7) is 4.95. The van der Waals surface area contributed by atoms with Crippen molar-refractivity contribution in [3.8, 4) is 0 Å². The highest BCUT2D eigenvalue weighted by molar-refractivity contribution is 6.09. The van der Waals surface area contributed by atoms with Crippen molar-refractivity contribution >= 4 is 30.3 Å². The summed E-state index contributed by atoms with van der Waals surface area (Å²) in [7, 11) is 0. The van der Waals surface area contributed by atoms with Gasteiger partial charge in [-0.2, -0.15) is 0 Å². The van der Waals surface area contributed by atoms with E-state index in [9.17, 15) is 14.4 Å². The van der Waals surface area contributed by atoms with Gasteiger partial charge >= 0.3 is 6.03 Å². The van der Waals surface area contributed by atoms with Gasteiger partial charge in [-0.25, -0.2) is 4.79 Å². The minimum atomic E-state index is -1.01. The van der Waals surface area contributed by atoms with Gasteiger partial charge in [-0.3, -0.25) is 14.5 Å². The van der Waals surface area contributed by atoms with Crippen LogP contribution in [0.4, 0.5) is 4.79 Å². The maximum absolute atomic E-state index is 12.9. The SMILES string of the molecule is CCN[C@H](C)CNC(=O)CN1C(=O)NC2(CCc3ccccc32)C1=O.Cl. The number of likely N-dealkylation sites (N-methyl/N-ethyl adjacent to an activating group) is 1. The second-order valence-corrected chi connectivity index (χ2v) is 6.65. The van der Waals surface area contributed by atoms with Crippen molar-refractivity contribution in [2.24, 2.45) is 0 Å². The second-order valence-electron chi connectivity index (χ2n) is 6.65. The number of carbonyl (C=O) groups is 3. The Labute approximate surface area is 159 Å². The van der Waals surface area contributed by atoms with Crippen molar-refractivity contribution in [2.75, 3.05) is 19.6 Å². The molecule has 26 heavy (non-hydrogen) atoms. The molecule has 7 nitrogen and oxygen atoms in total. The van der Waals surface area contributed by atoms with Crippen LogP contribution in [-0.2, 0) is 21.5 Å². The zero-order chi connectivity index (χ0) is 18.0. The third-order valence-electron chi connectivity index (χ3n) is 4.88. The minimum absolute atomic E-state index is 0. The van der Waals surface area contributed by atoms with Crippen LogP contribution in [-0.4, -0.2) is 48.4 Å². The molecule has 0 aromatic heterocycles. The van der Waals surface area contributed by atoms with Gasteiger partial charge in [0.2, 0.25) is 5.91 Å². The minimum Gasteiger partial charge on any atom is -0.353 e.